The third-order valence-electron chi connectivity index (χ3n) is 4.00. The van der Waals surface area contributed by atoms with Crippen LogP contribution in [0.4, 0.5) is 5.69 Å². The molecule has 7 heteroatoms. The van der Waals surface area contributed by atoms with E-state index in [9.17, 15) is 4.79 Å². The zero-order valence-corrected chi connectivity index (χ0v) is 14.9. The lowest BCUT2D eigenvalue weighted by Crippen LogP contribution is -2.14. The predicted molar refractivity (Wildman–Crippen MR) is 98.1 cm³/mol. The van der Waals surface area contributed by atoms with Crippen LogP contribution in [0.1, 0.15) is 17.9 Å². The number of oxazole rings is 1. The number of anilines is 1. The number of aromatic nitrogens is 1. The van der Waals surface area contributed by atoms with Crippen LogP contribution >= 0.6 is 11.6 Å². The van der Waals surface area contributed by atoms with Crippen molar-refractivity contribution in [2.75, 3.05) is 18.5 Å². The van der Waals surface area contributed by atoms with Crippen molar-refractivity contribution in [2.24, 2.45) is 0 Å². The number of hydrogen-bond donors (Lipinski definition) is 1. The summed E-state index contributed by atoms with van der Waals surface area (Å²) in [5, 5.41) is 3.32. The molecule has 1 amide bonds. The molecule has 0 saturated carbocycles. The predicted octanol–water partition coefficient (Wildman–Crippen LogP) is 4.13. The van der Waals surface area contributed by atoms with Crippen LogP contribution < -0.4 is 14.8 Å². The molecule has 6 nitrogen and oxygen atoms in total. The summed E-state index contributed by atoms with van der Waals surface area (Å²) in [6.07, 6.45) is 0.969. The molecule has 1 aromatic heterocycles. The van der Waals surface area contributed by atoms with Crippen molar-refractivity contribution in [3.63, 3.8) is 0 Å². The zero-order chi connectivity index (χ0) is 18.1. The lowest BCUT2D eigenvalue weighted by molar-refractivity contribution is -0.115. The van der Waals surface area contributed by atoms with E-state index in [-0.39, 0.29) is 12.3 Å². The third-order valence-corrected chi connectivity index (χ3v) is 4.29. The maximum absolute atomic E-state index is 12.4. The van der Waals surface area contributed by atoms with Crippen LogP contribution in [0.5, 0.6) is 11.5 Å². The number of amides is 1. The van der Waals surface area contributed by atoms with E-state index in [0.29, 0.717) is 52.4 Å². The van der Waals surface area contributed by atoms with Gasteiger partial charge in [-0.1, -0.05) is 11.6 Å². The van der Waals surface area contributed by atoms with Gasteiger partial charge in [-0.3, -0.25) is 4.79 Å². The SMILES string of the molecule is Cc1nc2cc(NC(=O)Cc3cc(Cl)c4c(c3)OCCCO4)ccc2o1. The van der Waals surface area contributed by atoms with Gasteiger partial charge in [0.15, 0.2) is 23.0 Å². The highest BCUT2D eigenvalue weighted by atomic mass is 35.5. The van der Waals surface area contributed by atoms with Crippen molar-refractivity contribution in [2.45, 2.75) is 19.8 Å². The molecule has 0 unspecified atom stereocenters. The average molecular weight is 373 g/mol. The topological polar surface area (TPSA) is 73.6 Å². The minimum Gasteiger partial charge on any atom is -0.489 e. The van der Waals surface area contributed by atoms with Gasteiger partial charge in [-0.05, 0) is 35.9 Å². The monoisotopic (exact) mass is 372 g/mol. The minimum absolute atomic E-state index is 0.157. The molecule has 134 valence electrons. The normalized spacial score (nSPS) is 13.5. The van der Waals surface area contributed by atoms with Gasteiger partial charge >= 0.3 is 0 Å². The van der Waals surface area contributed by atoms with E-state index in [2.05, 4.69) is 10.3 Å². The Morgan fingerprint density at radius 3 is 2.96 bits per heavy atom. The Hall–Kier alpha value is -2.73. The number of carbonyl (C=O) groups excluding carboxylic acids is 1. The standard InChI is InChI=1S/C19H17ClN2O4/c1-11-21-15-10-13(3-4-16(15)26-11)22-18(23)9-12-7-14(20)19-17(8-12)24-5-2-6-25-19/h3-4,7-8,10H,2,5-6,9H2,1H3,(H,22,23). The van der Waals surface area contributed by atoms with E-state index in [1.165, 1.54) is 0 Å². The van der Waals surface area contributed by atoms with Gasteiger partial charge in [0.25, 0.3) is 0 Å². The van der Waals surface area contributed by atoms with Crippen molar-refractivity contribution in [3.8, 4) is 11.5 Å². The first-order chi connectivity index (χ1) is 12.6. The van der Waals surface area contributed by atoms with E-state index in [1.54, 1.807) is 37.3 Å². The maximum atomic E-state index is 12.4. The van der Waals surface area contributed by atoms with Crippen molar-refractivity contribution in [1.82, 2.24) is 4.98 Å². The zero-order valence-electron chi connectivity index (χ0n) is 14.2. The number of halogens is 1. The summed E-state index contributed by atoms with van der Waals surface area (Å²) >= 11 is 6.28. The van der Waals surface area contributed by atoms with Gasteiger partial charge in [-0.15, -0.1) is 0 Å². The van der Waals surface area contributed by atoms with E-state index in [0.717, 1.165) is 12.0 Å². The molecule has 1 aliphatic rings. The maximum Gasteiger partial charge on any atom is 0.228 e. The summed E-state index contributed by atoms with van der Waals surface area (Å²) < 4.78 is 16.7. The van der Waals surface area contributed by atoms with E-state index >= 15 is 0 Å². The lowest BCUT2D eigenvalue weighted by atomic mass is 10.1. The molecule has 0 atom stereocenters. The highest BCUT2D eigenvalue weighted by Gasteiger charge is 2.17. The molecule has 4 rings (SSSR count). The van der Waals surface area contributed by atoms with Crippen molar-refractivity contribution in [1.29, 1.82) is 0 Å². The molecule has 3 aromatic rings. The molecule has 1 aliphatic heterocycles. The fourth-order valence-electron chi connectivity index (χ4n) is 2.90. The number of rotatable bonds is 3. The molecule has 26 heavy (non-hydrogen) atoms. The molecule has 0 fully saturated rings. The first kappa shape index (κ1) is 16.7. The number of nitrogens with one attached hydrogen (secondary N) is 1. The number of ether oxygens (including phenoxy) is 2. The lowest BCUT2D eigenvalue weighted by Gasteiger charge is -2.11. The van der Waals surface area contributed by atoms with Crippen molar-refractivity contribution < 1.29 is 18.7 Å². The number of benzene rings is 2. The summed E-state index contributed by atoms with van der Waals surface area (Å²) in [4.78, 5) is 16.7. The first-order valence-electron chi connectivity index (χ1n) is 8.33. The van der Waals surface area contributed by atoms with Crippen LogP contribution in [0.25, 0.3) is 11.1 Å². The van der Waals surface area contributed by atoms with Crippen LogP contribution in [-0.2, 0) is 11.2 Å². The molecule has 2 heterocycles. The van der Waals surface area contributed by atoms with Crippen LogP contribution in [-0.4, -0.2) is 24.1 Å². The van der Waals surface area contributed by atoms with E-state index in [1.807, 2.05) is 0 Å². The summed E-state index contributed by atoms with van der Waals surface area (Å²) in [6, 6.07) is 8.89. The van der Waals surface area contributed by atoms with Gasteiger partial charge < -0.3 is 19.2 Å². The largest absolute Gasteiger partial charge is 0.489 e. The summed E-state index contributed by atoms with van der Waals surface area (Å²) in [6.45, 7) is 2.92. The molecule has 2 aromatic carbocycles. The Balaban J connectivity index is 1.50. The van der Waals surface area contributed by atoms with Gasteiger partial charge in [0.1, 0.15) is 5.52 Å². The number of nitrogens with zero attached hydrogens (tertiary/aromatic N) is 1. The fourth-order valence-corrected chi connectivity index (χ4v) is 3.19. The van der Waals surface area contributed by atoms with Gasteiger partial charge in [-0.2, -0.15) is 0 Å². The molecule has 0 aliphatic carbocycles. The van der Waals surface area contributed by atoms with Crippen LogP contribution in [0.2, 0.25) is 5.02 Å². The first-order valence-corrected chi connectivity index (χ1v) is 8.71. The van der Waals surface area contributed by atoms with E-state index < -0.39 is 0 Å². The van der Waals surface area contributed by atoms with Crippen LogP contribution in [0.15, 0.2) is 34.7 Å². The summed E-state index contributed by atoms with van der Waals surface area (Å²) in [5.41, 5.74) is 2.82. The van der Waals surface area contributed by atoms with Crippen molar-refractivity contribution >= 4 is 34.3 Å². The summed E-state index contributed by atoms with van der Waals surface area (Å²) in [5.74, 6) is 1.55. The molecule has 0 spiro atoms. The Labute approximate surface area is 155 Å². The van der Waals surface area contributed by atoms with Crippen molar-refractivity contribution in [3.05, 3.63) is 46.8 Å². The van der Waals surface area contributed by atoms with Crippen LogP contribution in [0.3, 0.4) is 0 Å². The number of aryl methyl sites for hydroxylation is 1. The average Bonchev–Trinajstić information content (AvgIpc) is 2.79. The Bertz CT molecular complexity index is 983. The number of fused-ring (bicyclic) bond motifs is 2. The number of hydrogen-bond acceptors (Lipinski definition) is 5. The highest BCUT2D eigenvalue weighted by molar-refractivity contribution is 6.32. The second-order valence-corrected chi connectivity index (χ2v) is 6.50. The van der Waals surface area contributed by atoms with Gasteiger partial charge in [-0.25, -0.2) is 4.98 Å². The van der Waals surface area contributed by atoms with Crippen LogP contribution in [0, 0.1) is 6.92 Å². The Kier molecular flexibility index (Phi) is 4.42. The fraction of sp³-hybridized carbons (Fsp3) is 0.263. The molecular formula is C19H17ClN2O4. The van der Waals surface area contributed by atoms with Gasteiger partial charge in [0.05, 0.1) is 24.7 Å². The van der Waals surface area contributed by atoms with Gasteiger partial charge in [0.2, 0.25) is 5.91 Å². The second-order valence-electron chi connectivity index (χ2n) is 6.10. The summed E-state index contributed by atoms with van der Waals surface area (Å²) in [7, 11) is 0. The highest BCUT2D eigenvalue weighted by Crippen LogP contribution is 2.38. The molecule has 0 bridgehead atoms. The quantitative estimate of drug-likeness (QED) is 0.748. The minimum atomic E-state index is -0.157. The van der Waals surface area contributed by atoms with Gasteiger partial charge in [0, 0.05) is 19.0 Å². The second kappa shape index (κ2) is 6.88. The third kappa shape index (κ3) is 3.46. The molecule has 0 radical (unpaired) electrons. The Morgan fingerprint density at radius 2 is 2.08 bits per heavy atom. The molecule has 1 N–H and O–H groups in total. The number of carbonyl (C=O) groups is 1. The molecular weight excluding hydrogens is 356 g/mol. The Morgan fingerprint density at radius 1 is 1.23 bits per heavy atom. The molecule has 0 saturated heterocycles. The van der Waals surface area contributed by atoms with E-state index in [4.69, 9.17) is 25.5 Å². The smallest absolute Gasteiger partial charge is 0.228 e.